The normalized spacial score (nSPS) is 14.8. The minimum absolute atomic E-state index is 0.0989. The average Bonchev–Trinajstić information content (AvgIpc) is 3.58. The van der Waals surface area contributed by atoms with E-state index in [1.54, 1.807) is 30.5 Å². The number of nitrogens with one attached hydrogen (secondary N) is 2. The number of rotatable bonds is 9. The van der Waals surface area contributed by atoms with Crippen molar-refractivity contribution in [2.24, 2.45) is 0 Å². The maximum absolute atomic E-state index is 13.7. The van der Waals surface area contributed by atoms with E-state index in [0.29, 0.717) is 10.6 Å². The fourth-order valence-corrected chi connectivity index (χ4v) is 5.16. The first-order valence-electron chi connectivity index (χ1n) is 12.0. The third kappa shape index (κ3) is 6.39. The fourth-order valence-electron chi connectivity index (χ4n) is 4.52. The van der Waals surface area contributed by atoms with Crippen LogP contribution in [0.3, 0.4) is 0 Å². The molecule has 3 aromatic rings. The molecule has 1 saturated carbocycles. The first-order chi connectivity index (χ1) is 17.0. The van der Waals surface area contributed by atoms with Crippen LogP contribution in [0.25, 0.3) is 0 Å². The summed E-state index contributed by atoms with van der Waals surface area (Å²) in [6, 6.07) is 13.9. The molecular weight excluding hydrogens is 462 g/mol. The van der Waals surface area contributed by atoms with Crippen molar-refractivity contribution in [3.05, 3.63) is 81.9 Å². The van der Waals surface area contributed by atoms with Gasteiger partial charge in [-0.3, -0.25) is 14.4 Å². The van der Waals surface area contributed by atoms with Gasteiger partial charge in [0.15, 0.2) is 0 Å². The molecule has 1 aromatic carbocycles. The summed E-state index contributed by atoms with van der Waals surface area (Å²) in [6.07, 6.45) is 6.78. The molecule has 8 heteroatoms. The first-order valence-corrected chi connectivity index (χ1v) is 12.9. The highest BCUT2D eigenvalue weighted by Crippen LogP contribution is 2.28. The Bertz CT molecular complexity index is 1120. The lowest BCUT2D eigenvalue weighted by Gasteiger charge is -2.33. The summed E-state index contributed by atoms with van der Waals surface area (Å²) in [5.41, 5.74) is 1.67. The number of furan rings is 1. The zero-order chi connectivity index (χ0) is 24.6. The van der Waals surface area contributed by atoms with E-state index in [2.05, 4.69) is 10.6 Å². The second-order valence-corrected chi connectivity index (χ2v) is 9.81. The van der Waals surface area contributed by atoms with Crippen LogP contribution in [0, 0.1) is 6.92 Å². The fraction of sp³-hybridized carbons (Fsp3) is 0.370. The molecule has 4 rings (SSSR count). The Morgan fingerprint density at radius 3 is 2.54 bits per heavy atom. The van der Waals surface area contributed by atoms with Gasteiger partial charge in [-0.15, -0.1) is 11.3 Å². The molecule has 0 spiro atoms. The van der Waals surface area contributed by atoms with E-state index in [1.165, 1.54) is 22.7 Å². The largest absolute Gasteiger partial charge is 0.467 e. The van der Waals surface area contributed by atoms with Crippen LogP contribution in [0.4, 0.5) is 0 Å². The van der Waals surface area contributed by atoms with Gasteiger partial charge in [-0.2, -0.15) is 0 Å². The van der Waals surface area contributed by atoms with E-state index in [4.69, 9.17) is 4.42 Å². The van der Waals surface area contributed by atoms with E-state index in [0.717, 1.165) is 36.8 Å². The van der Waals surface area contributed by atoms with Crippen LogP contribution in [0.5, 0.6) is 0 Å². The van der Waals surface area contributed by atoms with Gasteiger partial charge in [-0.25, -0.2) is 0 Å². The lowest BCUT2D eigenvalue weighted by Crippen LogP contribution is -2.49. The number of carbonyl (C=O) groups excluding carboxylic acids is 3. The Hall–Kier alpha value is -3.39. The summed E-state index contributed by atoms with van der Waals surface area (Å²) in [6.45, 7) is 1.82. The number of hydrogen-bond donors (Lipinski definition) is 2. The molecule has 1 atom stereocenters. The highest BCUT2D eigenvalue weighted by Gasteiger charge is 2.34. The van der Waals surface area contributed by atoms with E-state index < -0.39 is 6.04 Å². The molecular formula is C27H31N3O4S. The standard InChI is InChI=1S/C27H31N3O4S/c1-19-9-5-6-13-22(19)25(27(33)29-20-10-3-2-4-11-20)30(18-21-12-7-15-34-21)24(31)17-28-26(32)23-14-8-16-35-23/h5-9,12-16,20,25H,2-4,10-11,17-18H2,1H3,(H,28,32)(H,29,33)/t25-/m0/s1. The van der Waals surface area contributed by atoms with Crippen molar-refractivity contribution in [2.75, 3.05) is 6.54 Å². The highest BCUT2D eigenvalue weighted by molar-refractivity contribution is 7.12. The number of carbonyl (C=O) groups is 3. The van der Waals surface area contributed by atoms with Crippen LogP contribution in [-0.2, 0) is 16.1 Å². The third-order valence-electron chi connectivity index (χ3n) is 6.37. The average molecular weight is 494 g/mol. The summed E-state index contributed by atoms with van der Waals surface area (Å²) >= 11 is 1.31. The predicted octanol–water partition coefficient (Wildman–Crippen LogP) is 4.60. The van der Waals surface area contributed by atoms with Crippen LogP contribution in [0.15, 0.2) is 64.6 Å². The van der Waals surface area contributed by atoms with Crippen LogP contribution in [0.1, 0.15) is 64.7 Å². The Labute approximate surface area is 209 Å². The molecule has 7 nitrogen and oxygen atoms in total. The predicted molar refractivity (Wildman–Crippen MR) is 135 cm³/mol. The van der Waals surface area contributed by atoms with Gasteiger partial charge in [0.1, 0.15) is 11.8 Å². The monoisotopic (exact) mass is 493 g/mol. The molecule has 0 bridgehead atoms. The van der Waals surface area contributed by atoms with Crippen LogP contribution in [0.2, 0.25) is 0 Å². The molecule has 0 radical (unpaired) electrons. The number of thiophene rings is 1. The van der Waals surface area contributed by atoms with E-state index in [1.807, 2.05) is 36.6 Å². The maximum Gasteiger partial charge on any atom is 0.261 e. The summed E-state index contributed by atoms with van der Waals surface area (Å²) in [4.78, 5) is 41.8. The molecule has 1 aliphatic carbocycles. The zero-order valence-corrected chi connectivity index (χ0v) is 20.7. The molecule has 35 heavy (non-hydrogen) atoms. The van der Waals surface area contributed by atoms with Crippen molar-refractivity contribution in [3.8, 4) is 0 Å². The molecule has 2 heterocycles. The Balaban J connectivity index is 1.62. The van der Waals surface area contributed by atoms with E-state index >= 15 is 0 Å². The van der Waals surface area contributed by atoms with E-state index in [-0.39, 0.29) is 36.9 Å². The van der Waals surface area contributed by atoms with Gasteiger partial charge >= 0.3 is 0 Å². The molecule has 1 aliphatic rings. The number of nitrogens with zero attached hydrogens (tertiary/aromatic N) is 1. The molecule has 1 fully saturated rings. The molecule has 3 amide bonds. The van der Waals surface area contributed by atoms with Crippen molar-refractivity contribution >= 4 is 29.1 Å². The van der Waals surface area contributed by atoms with Crippen LogP contribution >= 0.6 is 11.3 Å². The molecule has 0 aliphatic heterocycles. The smallest absolute Gasteiger partial charge is 0.261 e. The summed E-state index contributed by atoms with van der Waals surface area (Å²) < 4.78 is 5.53. The van der Waals surface area contributed by atoms with Gasteiger partial charge in [0.25, 0.3) is 5.91 Å². The van der Waals surface area contributed by atoms with Crippen molar-refractivity contribution in [1.29, 1.82) is 0 Å². The summed E-state index contributed by atoms with van der Waals surface area (Å²) in [5.74, 6) is -0.327. The van der Waals surface area contributed by atoms with Crippen molar-refractivity contribution in [2.45, 2.75) is 57.7 Å². The minimum Gasteiger partial charge on any atom is -0.467 e. The molecule has 2 aromatic heterocycles. The number of hydrogen-bond acceptors (Lipinski definition) is 5. The first kappa shape index (κ1) is 24.7. The number of aryl methyl sites for hydroxylation is 1. The lowest BCUT2D eigenvalue weighted by atomic mass is 9.94. The minimum atomic E-state index is -0.852. The molecule has 184 valence electrons. The summed E-state index contributed by atoms with van der Waals surface area (Å²) in [5, 5.41) is 7.71. The van der Waals surface area contributed by atoms with Crippen molar-refractivity contribution < 1.29 is 18.8 Å². The quantitative estimate of drug-likeness (QED) is 0.456. The Morgan fingerprint density at radius 1 is 1.06 bits per heavy atom. The lowest BCUT2D eigenvalue weighted by molar-refractivity contribution is -0.141. The second kappa shape index (κ2) is 11.8. The van der Waals surface area contributed by atoms with Gasteiger partial charge in [0.2, 0.25) is 11.8 Å². The van der Waals surface area contributed by atoms with Gasteiger partial charge in [0.05, 0.1) is 24.2 Å². The topological polar surface area (TPSA) is 91.7 Å². The van der Waals surface area contributed by atoms with Gasteiger partial charge in [-0.05, 0) is 54.5 Å². The van der Waals surface area contributed by atoms with Crippen LogP contribution in [-0.4, -0.2) is 35.2 Å². The van der Waals surface area contributed by atoms with Gasteiger partial charge in [0, 0.05) is 6.04 Å². The van der Waals surface area contributed by atoms with Crippen LogP contribution < -0.4 is 10.6 Å². The summed E-state index contributed by atoms with van der Waals surface area (Å²) in [7, 11) is 0. The Morgan fingerprint density at radius 2 is 1.86 bits per heavy atom. The van der Waals surface area contributed by atoms with Crippen molar-refractivity contribution in [1.82, 2.24) is 15.5 Å². The SMILES string of the molecule is Cc1ccccc1[C@@H](C(=O)NC1CCCCC1)N(Cc1ccco1)C(=O)CNC(=O)c1cccs1. The number of amides is 3. The number of benzene rings is 1. The maximum atomic E-state index is 13.7. The molecule has 0 saturated heterocycles. The van der Waals surface area contributed by atoms with Gasteiger partial charge < -0.3 is 20.0 Å². The highest BCUT2D eigenvalue weighted by atomic mass is 32.1. The molecule has 0 unspecified atom stereocenters. The van der Waals surface area contributed by atoms with E-state index in [9.17, 15) is 14.4 Å². The van der Waals surface area contributed by atoms with Gasteiger partial charge in [-0.1, -0.05) is 49.6 Å². The third-order valence-corrected chi connectivity index (χ3v) is 7.24. The Kier molecular flexibility index (Phi) is 8.36. The zero-order valence-electron chi connectivity index (χ0n) is 19.9. The molecule has 2 N–H and O–H groups in total. The second-order valence-electron chi connectivity index (χ2n) is 8.86. The van der Waals surface area contributed by atoms with Crippen molar-refractivity contribution in [3.63, 3.8) is 0 Å².